The molecule has 5 aromatic heterocycles. The summed E-state index contributed by atoms with van der Waals surface area (Å²) in [6.07, 6.45) is 8.81. The van der Waals surface area contributed by atoms with Crippen molar-refractivity contribution in [3.8, 4) is 22.5 Å². The highest BCUT2D eigenvalue weighted by Crippen LogP contribution is 2.40. The van der Waals surface area contributed by atoms with E-state index in [0.717, 1.165) is 58.1 Å². The number of nitrogens with zero attached hydrogens (tertiary/aromatic N) is 5. The molecule has 6 rings (SSSR count). The molecule has 0 aliphatic carbocycles. The number of carbonyl (C=O) groups is 1. The quantitative estimate of drug-likeness (QED) is 0.373. The first kappa shape index (κ1) is 20.8. The molecule has 0 saturated carbocycles. The molecule has 0 radical (unpaired) electrons. The first-order valence-electron chi connectivity index (χ1n) is 11.0. The minimum atomic E-state index is -0.535. The molecule has 172 valence electrons. The summed E-state index contributed by atoms with van der Waals surface area (Å²) in [5.74, 6) is 0.466. The lowest BCUT2D eigenvalue weighted by molar-refractivity contribution is -0.130. The highest BCUT2D eigenvalue weighted by Gasteiger charge is 2.23. The van der Waals surface area contributed by atoms with Gasteiger partial charge in [-0.2, -0.15) is 9.49 Å². The van der Waals surface area contributed by atoms with Crippen molar-refractivity contribution < 1.29 is 13.6 Å². The van der Waals surface area contributed by atoms with Crippen molar-refractivity contribution in [2.75, 3.05) is 18.8 Å². The average Bonchev–Trinajstić information content (AvgIpc) is 3.57. The van der Waals surface area contributed by atoms with Crippen molar-refractivity contribution in [1.82, 2.24) is 24.6 Å². The summed E-state index contributed by atoms with van der Waals surface area (Å²) >= 11 is 1.48. The second-order valence-corrected chi connectivity index (χ2v) is 9.42. The number of nitrogen functional groups attached to an aromatic ring is 1. The Morgan fingerprint density at radius 3 is 2.76 bits per heavy atom. The van der Waals surface area contributed by atoms with E-state index in [0.29, 0.717) is 17.2 Å². The zero-order valence-corrected chi connectivity index (χ0v) is 19.2. The van der Waals surface area contributed by atoms with Gasteiger partial charge in [-0.05, 0) is 18.9 Å². The van der Waals surface area contributed by atoms with E-state index in [4.69, 9.17) is 10.2 Å². The van der Waals surface area contributed by atoms with Crippen molar-refractivity contribution in [2.24, 2.45) is 0 Å². The largest absolute Gasteiger partial charge is 0.452 e. The topological polar surface area (TPSA) is 103 Å². The number of piperidine rings is 1. The Balaban J connectivity index is 1.37. The van der Waals surface area contributed by atoms with Gasteiger partial charge in [-0.25, -0.2) is 9.97 Å². The predicted molar refractivity (Wildman–Crippen MR) is 129 cm³/mol. The van der Waals surface area contributed by atoms with Gasteiger partial charge in [-0.1, -0.05) is 0 Å². The lowest BCUT2D eigenvalue weighted by atomic mass is 10.0. The van der Waals surface area contributed by atoms with Gasteiger partial charge in [0.2, 0.25) is 11.9 Å². The first-order chi connectivity index (χ1) is 16.5. The molecule has 1 fully saturated rings. The van der Waals surface area contributed by atoms with Crippen LogP contribution in [0.25, 0.3) is 43.5 Å². The van der Waals surface area contributed by atoms with Gasteiger partial charge in [-0.15, -0.1) is 11.3 Å². The first-order valence-corrected chi connectivity index (χ1v) is 11.9. The van der Waals surface area contributed by atoms with E-state index >= 15 is 0 Å². The monoisotopic (exact) mass is 476 g/mol. The van der Waals surface area contributed by atoms with Crippen molar-refractivity contribution in [3.05, 3.63) is 48.2 Å². The summed E-state index contributed by atoms with van der Waals surface area (Å²) in [5.41, 5.74) is 9.19. The van der Waals surface area contributed by atoms with Gasteiger partial charge < -0.3 is 15.1 Å². The van der Waals surface area contributed by atoms with Gasteiger partial charge in [-0.3, -0.25) is 9.48 Å². The molecular formula is C24H21FN6O2S. The minimum absolute atomic E-state index is 0.114. The lowest BCUT2D eigenvalue weighted by Gasteiger charge is -2.31. The molecule has 0 spiro atoms. The summed E-state index contributed by atoms with van der Waals surface area (Å²) < 4.78 is 22.8. The minimum Gasteiger partial charge on any atom is -0.452 e. The summed E-state index contributed by atoms with van der Waals surface area (Å²) in [6.45, 7) is 3.08. The fourth-order valence-corrected chi connectivity index (χ4v) is 5.52. The normalized spacial score (nSPS) is 14.9. The van der Waals surface area contributed by atoms with Crippen LogP contribution in [0, 0.1) is 5.95 Å². The zero-order valence-electron chi connectivity index (χ0n) is 18.4. The van der Waals surface area contributed by atoms with E-state index in [1.807, 2.05) is 33.4 Å². The molecule has 10 heteroatoms. The molecule has 0 unspecified atom stereocenters. The summed E-state index contributed by atoms with van der Waals surface area (Å²) in [5, 5.41) is 8.09. The van der Waals surface area contributed by atoms with Crippen molar-refractivity contribution in [2.45, 2.75) is 25.8 Å². The highest BCUT2D eigenvalue weighted by atomic mass is 32.1. The number of hydrogen-bond donors (Lipinski definition) is 1. The number of rotatable bonds is 3. The van der Waals surface area contributed by atoms with Crippen LogP contribution in [0.5, 0.6) is 0 Å². The van der Waals surface area contributed by atoms with Crippen LogP contribution in [-0.2, 0) is 4.79 Å². The molecule has 8 nitrogen and oxygen atoms in total. The van der Waals surface area contributed by atoms with Gasteiger partial charge in [0.05, 0.1) is 16.9 Å². The number of aromatic nitrogens is 4. The Bertz CT molecular complexity index is 1550. The standard InChI is InChI=1S/C24H21FN6O2S/c1-13(32)30-4-2-15(3-5-30)31-11-14(8-29-31)18-9-28-24(26)23-17(18)6-20(33-23)19-12-34-21-10-27-22(25)7-16(19)21/h6-12,15H,2-5H2,1H3,(H2,26,28). The molecule has 1 amide bonds. The Labute approximate surface area is 197 Å². The van der Waals surface area contributed by atoms with Crippen LogP contribution in [0.15, 0.2) is 46.7 Å². The number of amides is 1. The number of furan rings is 1. The lowest BCUT2D eigenvalue weighted by Crippen LogP contribution is -2.37. The molecule has 1 saturated heterocycles. The molecular weight excluding hydrogens is 455 g/mol. The predicted octanol–water partition coefficient (Wildman–Crippen LogP) is 4.87. The highest BCUT2D eigenvalue weighted by molar-refractivity contribution is 7.17. The molecule has 0 atom stereocenters. The summed E-state index contributed by atoms with van der Waals surface area (Å²) in [7, 11) is 0. The number of thiophene rings is 1. The van der Waals surface area contributed by atoms with Gasteiger partial charge >= 0.3 is 0 Å². The van der Waals surface area contributed by atoms with Crippen LogP contribution >= 0.6 is 11.3 Å². The maximum absolute atomic E-state index is 13.8. The number of anilines is 1. The fourth-order valence-electron chi connectivity index (χ4n) is 4.63. The van der Waals surface area contributed by atoms with Crippen LogP contribution in [0.4, 0.5) is 10.2 Å². The van der Waals surface area contributed by atoms with Crippen molar-refractivity contribution in [3.63, 3.8) is 0 Å². The van der Waals surface area contributed by atoms with Gasteiger partial charge in [0.15, 0.2) is 11.4 Å². The maximum atomic E-state index is 13.8. The Kier molecular flexibility index (Phi) is 4.84. The zero-order chi connectivity index (χ0) is 23.4. The Morgan fingerprint density at radius 1 is 1.15 bits per heavy atom. The van der Waals surface area contributed by atoms with E-state index in [-0.39, 0.29) is 11.9 Å². The third kappa shape index (κ3) is 3.41. The maximum Gasteiger partial charge on any atom is 0.219 e. The van der Waals surface area contributed by atoms with Crippen LogP contribution in [0.1, 0.15) is 25.8 Å². The van der Waals surface area contributed by atoms with E-state index in [1.165, 1.54) is 23.6 Å². The van der Waals surface area contributed by atoms with E-state index in [9.17, 15) is 9.18 Å². The average molecular weight is 477 g/mol. The van der Waals surface area contributed by atoms with Crippen LogP contribution in [0.3, 0.4) is 0 Å². The molecule has 0 bridgehead atoms. The second kappa shape index (κ2) is 7.91. The van der Waals surface area contributed by atoms with Gasteiger partial charge in [0, 0.05) is 77.5 Å². The SMILES string of the molecule is CC(=O)N1CCC(n2cc(-c3cnc(N)c4oc(-c5csc6cnc(F)cc56)cc34)cn2)CC1. The third-order valence-corrected chi connectivity index (χ3v) is 7.41. The van der Waals surface area contributed by atoms with Crippen molar-refractivity contribution in [1.29, 1.82) is 0 Å². The van der Waals surface area contributed by atoms with Crippen LogP contribution in [-0.4, -0.2) is 43.6 Å². The molecule has 6 heterocycles. The van der Waals surface area contributed by atoms with Crippen LogP contribution in [0.2, 0.25) is 0 Å². The molecule has 2 N–H and O–H groups in total. The van der Waals surface area contributed by atoms with Gasteiger partial charge in [0.25, 0.3) is 0 Å². The molecule has 5 aromatic rings. The molecule has 34 heavy (non-hydrogen) atoms. The van der Waals surface area contributed by atoms with Gasteiger partial charge in [0.1, 0.15) is 5.76 Å². The number of carbonyl (C=O) groups excluding carboxylic acids is 1. The van der Waals surface area contributed by atoms with E-state index < -0.39 is 5.95 Å². The Morgan fingerprint density at radius 2 is 1.97 bits per heavy atom. The third-order valence-electron chi connectivity index (χ3n) is 6.48. The summed E-state index contributed by atoms with van der Waals surface area (Å²) in [6, 6.07) is 3.57. The number of hydrogen-bond acceptors (Lipinski definition) is 7. The number of nitrogens with two attached hydrogens (primary N) is 1. The number of pyridine rings is 2. The van der Waals surface area contributed by atoms with Crippen LogP contribution < -0.4 is 5.73 Å². The summed E-state index contributed by atoms with van der Waals surface area (Å²) in [4.78, 5) is 21.6. The fraction of sp³-hybridized carbons (Fsp3) is 0.250. The molecule has 0 aromatic carbocycles. The van der Waals surface area contributed by atoms with E-state index in [1.54, 1.807) is 13.1 Å². The second-order valence-electron chi connectivity index (χ2n) is 8.51. The number of halogens is 1. The smallest absolute Gasteiger partial charge is 0.219 e. The van der Waals surface area contributed by atoms with E-state index in [2.05, 4.69) is 15.1 Å². The molecule has 1 aliphatic heterocycles. The molecule has 1 aliphatic rings. The number of fused-ring (bicyclic) bond motifs is 2. The Hall–Kier alpha value is -3.79. The number of likely N-dealkylation sites (tertiary alicyclic amines) is 1. The van der Waals surface area contributed by atoms with Crippen molar-refractivity contribution >= 4 is 44.1 Å².